The molecule has 2 N–H and O–H groups in total. The second-order valence-electron chi connectivity index (χ2n) is 5.03. The maximum atomic E-state index is 9.62. The first kappa shape index (κ1) is 15.4. The monoisotopic (exact) mass is 326 g/mol. The Hall–Kier alpha value is -2.53. The number of phenolic OH excluding ortho intramolecular Hbond substituents is 1. The molecule has 2 aromatic carbocycles. The molecule has 0 atom stereocenters. The van der Waals surface area contributed by atoms with Gasteiger partial charge >= 0.3 is 0 Å². The number of rotatable bonds is 5. The molecule has 0 saturated heterocycles. The van der Waals surface area contributed by atoms with Crippen molar-refractivity contribution in [3.05, 3.63) is 47.0 Å². The van der Waals surface area contributed by atoms with Crippen LogP contribution in [0.4, 0.5) is 5.69 Å². The fourth-order valence-electron chi connectivity index (χ4n) is 2.29. The number of phenols is 1. The van der Waals surface area contributed by atoms with Crippen LogP contribution < -0.4 is 10.1 Å². The predicted octanol–water partition coefficient (Wildman–Crippen LogP) is 4.61. The van der Waals surface area contributed by atoms with Crippen molar-refractivity contribution in [3.8, 4) is 11.5 Å². The van der Waals surface area contributed by atoms with Crippen LogP contribution in [0.5, 0.6) is 11.5 Å². The number of nitrogens with one attached hydrogen (secondary N) is 1. The Morgan fingerprint density at radius 2 is 2.09 bits per heavy atom. The predicted molar refractivity (Wildman–Crippen MR) is 97.4 cm³/mol. The SMILES string of the molecule is CCNc1ccc2nc(C=Cc3ccc(O)c(OC)c3)sc2c1. The summed E-state index contributed by atoms with van der Waals surface area (Å²) in [6.07, 6.45) is 3.94. The second-order valence-corrected chi connectivity index (χ2v) is 6.09. The molecule has 0 radical (unpaired) electrons. The van der Waals surface area contributed by atoms with E-state index in [0.717, 1.165) is 33.0 Å². The van der Waals surface area contributed by atoms with Gasteiger partial charge in [-0.1, -0.05) is 12.1 Å². The van der Waals surface area contributed by atoms with Crippen LogP contribution >= 0.6 is 11.3 Å². The molecule has 4 nitrogen and oxygen atoms in total. The molecule has 0 unspecified atom stereocenters. The van der Waals surface area contributed by atoms with Crippen molar-refractivity contribution in [2.45, 2.75) is 6.92 Å². The van der Waals surface area contributed by atoms with Gasteiger partial charge in [0.1, 0.15) is 5.01 Å². The van der Waals surface area contributed by atoms with Crippen molar-refractivity contribution in [2.24, 2.45) is 0 Å². The quantitative estimate of drug-likeness (QED) is 0.719. The van der Waals surface area contributed by atoms with Gasteiger partial charge in [0.15, 0.2) is 11.5 Å². The molecule has 118 valence electrons. The fraction of sp³-hybridized carbons (Fsp3) is 0.167. The summed E-state index contributed by atoms with van der Waals surface area (Å²) in [6, 6.07) is 11.5. The lowest BCUT2D eigenvalue weighted by Crippen LogP contribution is -1.95. The Labute approximate surface area is 139 Å². The van der Waals surface area contributed by atoms with Gasteiger partial charge in [0.2, 0.25) is 0 Å². The third kappa shape index (κ3) is 3.46. The minimum Gasteiger partial charge on any atom is -0.504 e. The van der Waals surface area contributed by atoms with Gasteiger partial charge in [0.25, 0.3) is 0 Å². The molecule has 3 aromatic rings. The number of thiazole rings is 1. The van der Waals surface area contributed by atoms with Gasteiger partial charge in [0.05, 0.1) is 17.3 Å². The maximum absolute atomic E-state index is 9.62. The van der Waals surface area contributed by atoms with Gasteiger partial charge in [-0.25, -0.2) is 4.98 Å². The Balaban J connectivity index is 1.85. The highest BCUT2D eigenvalue weighted by Gasteiger charge is 2.03. The number of nitrogens with zero attached hydrogens (tertiary/aromatic N) is 1. The molecule has 0 fully saturated rings. The third-order valence-corrected chi connectivity index (χ3v) is 4.39. The minimum absolute atomic E-state index is 0.139. The van der Waals surface area contributed by atoms with E-state index in [1.165, 1.54) is 7.11 Å². The Bertz CT molecular complexity index is 855. The standard InChI is InChI=1S/C18H18N2O2S/c1-3-19-13-6-7-14-17(11-13)23-18(20-14)9-5-12-4-8-15(21)16(10-12)22-2/h4-11,19,21H,3H2,1-2H3. The number of benzene rings is 2. The molecule has 5 heteroatoms. The number of fused-ring (bicyclic) bond motifs is 1. The first-order chi connectivity index (χ1) is 11.2. The topological polar surface area (TPSA) is 54.4 Å². The number of aromatic hydroxyl groups is 1. The summed E-state index contributed by atoms with van der Waals surface area (Å²) >= 11 is 1.65. The summed E-state index contributed by atoms with van der Waals surface area (Å²) in [5.74, 6) is 0.604. The first-order valence-electron chi connectivity index (χ1n) is 7.39. The van der Waals surface area contributed by atoms with Crippen molar-refractivity contribution in [1.29, 1.82) is 0 Å². The lowest BCUT2D eigenvalue weighted by molar-refractivity contribution is 0.373. The number of anilines is 1. The van der Waals surface area contributed by atoms with Crippen LogP contribution in [0.15, 0.2) is 36.4 Å². The van der Waals surface area contributed by atoms with Gasteiger partial charge in [-0.3, -0.25) is 0 Å². The number of hydrogen-bond acceptors (Lipinski definition) is 5. The summed E-state index contributed by atoms with van der Waals surface area (Å²) < 4.78 is 6.28. The zero-order chi connectivity index (χ0) is 16.2. The van der Waals surface area contributed by atoms with E-state index < -0.39 is 0 Å². The number of methoxy groups -OCH3 is 1. The Kier molecular flexibility index (Phi) is 4.48. The fourth-order valence-corrected chi connectivity index (χ4v) is 3.20. The van der Waals surface area contributed by atoms with E-state index >= 15 is 0 Å². The highest BCUT2D eigenvalue weighted by molar-refractivity contribution is 7.19. The molecule has 1 heterocycles. The van der Waals surface area contributed by atoms with Crippen LogP contribution in [-0.2, 0) is 0 Å². The van der Waals surface area contributed by atoms with Crippen LogP contribution in [-0.4, -0.2) is 23.7 Å². The van der Waals surface area contributed by atoms with Gasteiger partial charge in [-0.2, -0.15) is 0 Å². The summed E-state index contributed by atoms with van der Waals surface area (Å²) in [5.41, 5.74) is 3.06. The Morgan fingerprint density at radius 1 is 1.22 bits per heavy atom. The van der Waals surface area contributed by atoms with Crippen LogP contribution in [0, 0.1) is 0 Å². The van der Waals surface area contributed by atoms with E-state index in [2.05, 4.69) is 23.3 Å². The third-order valence-electron chi connectivity index (χ3n) is 3.41. The highest BCUT2D eigenvalue weighted by Crippen LogP contribution is 2.29. The molecular weight excluding hydrogens is 308 g/mol. The lowest BCUT2D eigenvalue weighted by Gasteiger charge is -2.03. The van der Waals surface area contributed by atoms with E-state index in [4.69, 9.17) is 4.74 Å². The summed E-state index contributed by atoms with van der Waals surface area (Å²) in [4.78, 5) is 4.61. The van der Waals surface area contributed by atoms with Gasteiger partial charge in [0, 0.05) is 12.2 Å². The molecule has 1 aromatic heterocycles. The van der Waals surface area contributed by atoms with E-state index in [1.807, 2.05) is 30.4 Å². The molecule has 23 heavy (non-hydrogen) atoms. The molecule has 0 spiro atoms. The maximum Gasteiger partial charge on any atom is 0.161 e. The van der Waals surface area contributed by atoms with Crippen molar-refractivity contribution < 1.29 is 9.84 Å². The van der Waals surface area contributed by atoms with Gasteiger partial charge < -0.3 is 15.2 Å². The number of aromatic nitrogens is 1. The summed E-state index contributed by atoms with van der Waals surface area (Å²) in [5, 5.41) is 13.9. The molecule has 0 aliphatic carbocycles. The van der Waals surface area contributed by atoms with Gasteiger partial charge in [-0.05, 0) is 48.9 Å². The molecular formula is C18H18N2O2S. The summed E-state index contributed by atoms with van der Waals surface area (Å²) in [7, 11) is 1.54. The van der Waals surface area contributed by atoms with E-state index in [9.17, 15) is 5.11 Å². The van der Waals surface area contributed by atoms with Crippen LogP contribution in [0.3, 0.4) is 0 Å². The van der Waals surface area contributed by atoms with E-state index in [1.54, 1.807) is 23.5 Å². The zero-order valence-corrected chi connectivity index (χ0v) is 13.9. The highest BCUT2D eigenvalue weighted by atomic mass is 32.1. The normalized spacial score (nSPS) is 11.2. The average molecular weight is 326 g/mol. The van der Waals surface area contributed by atoms with Crippen LogP contribution in [0.25, 0.3) is 22.4 Å². The van der Waals surface area contributed by atoms with E-state index in [0.29, 0.717) is 5.75 Å². The minimum atomic E-state index is 0.139. The molecule has 3 rings (SSSR count). The molecule has 0 bridgehead atoms. The first-order valence-corrected chi connectivity index (χ1v) is 8.21. The van der Waals surface area contributed by atoms with Gasteiger partial charge in [-0.15, -0.1) is 11.3 Å². The van der Waals surface area contributed by atoms with Crippen molar-refractivity contribution >= 4 is 39.4 Å². The second kappa shape index (κ2) is 6.71. The van der Waals surface area contributed by atoms with Crippen molar-refractivity contribution in [2.75, 3.05) is 19.0 Å². The lowest BCUT2D eigenvalue weighted by atomic mass is 10.2. The average Bonchev–Trinajstić information content (AvgIpc) is 2.96. The van der Waals surface area contributed by atoms with E-state index in [-0.39, 0.29) is 5.75 Å². The summed E-state index contributed by atoms with van der Waals surface area (Å²) in [6.45, 7) is 2.98. The van der Waals surface area contributed by atoms with Crippen LogP contribution in [0.2, 0.25) is 0 Å². The van der Waals surface area contributed by atoms with Crippen molar-refractivity contribution in [1.82, 2.24) is 4.98 Å². The molecule has 0 amide bonds. The molecule has 0 saturated carbocycles. The zero-order valence-electron chi connectivity index (χ0n) is 13.0. The van der Waals surface area contributed by atoms with Crippen LogP contribution in [0.1, 0.15) is 17.5 Å². The number of ether oxygens (including phenoxy) is 1. The largest absolute Gasteiger partial charge is 0.504 e. The Morgan fingerprint density at radius 3 is 2.87 bits per heavy atom. The smallest absolute Gasteiger partial charge is 0.161 e. The number of hydrogen-bond donors (Lipinski definition) is 2. The molecule has 0 aliphatic rings. The van der Waals surface area contributed by atoms with Crippen molar-refractivity contribution in [3.63, 3.8) is 0 Å². The molecule has 0 aliphatic heterocycles.